The van der Waals surface area contributed by atoms with Gasteiger partial charge in [0.25, 0.3) is 0 Å². The summed E-state index contributed by atoms with van der Waals surface area (Å²) in [7, 11) is 0. The van der Waals surface area contributed by atoms with E-state index in [0.29, 0.717) is 30.1 Å². The maximum Gasteiger partial charge on any atom is 0.205 e. The molecular weight excluding hydrogens is 337 g/mol. The van der Waals surface area contributed by atoms with Gasteiger partial charge in [-0.2, -0.15) is 0 Å². The Bertz CT molecular complexity index is 820. The minimum Gasteiger partial charge on any atom is -0.385 e. The third-order valence-corrected chi connectivity index (χ3v) is 4.93. The van der Waals surface area contributed by atoms with Gasteiger partial charge in [0.15, 0.2) is 0 Å². The molecule has 4 nitrogen and oxygen atoms in total. The van der Waals surface area contributed by atoms with Gasteiger partial charge >= 0.3 is 0 Å². The van der Waals surface area contributed by atoms with Crippen LogP contribution in [0.2, 0.25) is 0 Å². The highest BCUT2D eigenvalue weighted by atomic mass is 32.1. The highest BCUT2D eigenvalue weighted by molar-refractivity contribution is 7.15. The number of aromatic nitrogens is 2. The van der Waals surface area contributed by atoms with Crippen molar-refractivity contribution >= 4 is 16.5 Å². The molecule has 0 saturated heterocycles. The first-order valence-corrected chi connectivity index (χ1v) is 8.94. The van der Waals surface area contributed by atoms with E-state index < -0.39 is 5.60 Å². The van der Waals surface area contributed by atoms with Crippen molar-refractivity contribution in [1.29, 1.82) is 0 Å². The SMILES string of the molecule is CC(O)(CCNc1nnc(Cc2ccccc2F)s1)c1ccccc1. The summed E-state index contributed by atoms with van der Waals surface area (Å²) in [5.74, 6) is -0.230. The Balaban J connectivity index is 1.55. The number of halogens is 1. The Labute approximate surface area is 150 Å². The van der Waals surface area contributed by atoms with Crippen LogP contribution in [0.4, 0.5) is 9.52 Å². The van der Waals surface area contributed by atoms with E-state index in [1.54, 1.807) is 19.1 Å². The molecule has 0 aliphatic heterocycles. The van der Waals surface area contributed by atoms with E-state index in [-0.39, 0.29) is 5.82 Å². The Kier molecular flexibility index (Phi) is 5.40. The molecule has 1 aromatic heterocycles. The Morgan fingerprint density at radius 3 is 2.56 bits per heavy atom. The molecule has 0 aliphatic rings. The predicted octanol–water partition coefficient (Wildman–Crippen LogP) is 3.98. The fraction of sp³-hybridized carbons (Fsp3) is 0.263. The summed E-state index contributed by atoms with van der Waals surface area (Å²) in [6, 6.07) is 16.3. The average Bonchev–Trinajstić information content (AvgIpc) is 3.05. The minimum atomic E-state index is -0.908. The van der Waals surface area contributed by atoms with E-state index >= 15 is 0 Å². The van der Waals surface area contributed by atoms with E-state index in [4.69, 9.17) is 0 Å². The Hall–Kier alpha value is -2.31. The first-order valence-electron chi connectivity index (χ1n) is 8.12. The summed E-state index contributed by atoms with van der Waals surface area (Å²) < 4.78 is 13.7. The average molecular weight is 357 g/mol. The van der Waals surface area contributed by atoms with Gasteiger partial charge in [0.05, 0.1) is 5.60 Å². The van der Waals surface area contributed by atoms with Gasteiger partial charge < -0.3 is 10.4 Å². The van der Waals surface area contributed by atoms with Crippen LogP contribution >= 0.6 is 11.3 Å². The zero-order valence-electron chi connectivity index (χ0n) is 13.9. The molecule has 0 saturated carbocycles. The molecule has 2 aromatic carbocycles. The second-order valence-corrected chi connectivity index (χ2v) is 7.15. The molecule has 3 aromatic rings. The van der Waals surface area contributed by atoms with E-state index in [1.165, 1.54) is 17.4 Å². The van der Waals surface area contributed by atoms with Gasteiger partial charge in [0.1, 0.15) is 10.8 Å². The molecule has 0 bridgehead atoms. The highest BCUT2D eigenvalue weighted by Gasteiger charge is 2.22. The molecular formula is C19H20FN3OS. The Morgan fingerprint density at radius 2 is 1.80 bits per heavy atom. The van der Waals surface area contributed by atoms with Gasteiger partial charge in [0.2, 0.25) is 5.13 Å². The number of anilines is 1. The summed E-state index contributed by atoms with van der Waals surface area (Å²) in [6.45, 7) is 2.37. The van der Waals surface area contributed by atoms with Crippen LogP contribution in [0, 0.1) is 5.82 Å². The molecule has 0 amide bonds. The van der Waals surface area contributed by atoms with Crippen LogP contribution in [0.1, 0.15) is 29.5 Å². The van der Waals surface area contributed by atoms with E-state index in [2.05, 4.69) is 15.5 Å². The summed E-state index contributed by atoms with van der Waals surface area (Å²) in [5, 5.41) is 23.4. The van der Waals surface area contributed by atoms with Crippen molar-refractivity contribution in [3.63, 3.8) is 0 Å². The topological polar surface area (TPSA) is 58.0 Å². The molecule has 0 radical (unpaired) electrons. The van der Waals surface area contributed by atoms with Crippen molar-refractivity contribution < 1.29 is 9.50 Å². The highest BCUT2D eigenvalue weighted by Crippen LogP contribution is 2.25. The number of nitrogens with one attached hydrogen (secondary N) is 1. The van der Waals surface area contributed by atoms with Crippen LogP contribution < -0.4 is 5.32 Å². The molecule has 0 fully saturated rings. The molecule has 0 spiro atoms. The van der Waals surface area contributed by atoms with Crippen molar-refractivity contribution in [2.75, 3.05) is 11.9 Å². The number of hydrogen-bond donors (Lipinski definition) is 2. The molecule has 1 atom stereocenters. The molecule has 2 N–H and O–H groups in total. The molecule has 6 heteroatoms. The molecule has 3 rings (SSSR count). The lowest BCUT2D eigenvalue weighted by atomic mass is 9.93. The molecule has 25 heavy (non-hydrogen) atoms. The standard InChI is InChI=1S/C19H20FN3OS/c1-19(24,15-8-3-2-4-9-15)11-12-21-18-23-22-17(25-18)13-14-7-5-6-10-16(14)20/h2-10,24H,11-13H2,1H3,(H,21,23). The first kappa shape index (κ1) is 17.5. The van der Waals surface area contributed by atoms with Gasteiger partial charge in [-0.05, 0) is 30.5 Å². The van der Waals surface area contributed by atoms with Crippen molar-refractivity contribution in [3.05, 3.63) is 76.5 Å². The van der Waals surface area contributed by atoms with Gasteiger partial charge in [-0.3, -0.25) is 0 Å². The van der Waals surface area contributed by atoms with E-state index in [0.717, 1.165) is 10.6 Å². The number of rotatable bonds is 7. The lowest BCUT2D eigenvalue weighted by Crippen LogP contribution is -2.24. The monoisotopic (exact) mass is 357 g/mol. The van der Waals surface area contributed by atoms with Crippen LogP contribution in [0.5, 0.6) is 0 Å². The van der Waals surface area contributed by atoms with Crippen LogP contribution in [-0.4, -0.2) is 21.8 Å². The van der Waals surface area contributed by atoms with E-state index in [1.807, 2.05) is 36.4 Å². The van der Waals surface area contributed by atoms with Crippen LogP contribution in [0.3, 0.4) is 0 Å². The first-order chi connectivity index (χ1) is 12.0. The second-order valence-electron chi connectivity index (χ2n) is 6.09. The van der Waals surface area contributed by atoms with Crippen molar-refractivity contribution in [1.82, 2.24) is 10.2 Å². The van der Waals surface area contributed by atoms with Crippen molar-refractivity contribution in [2.45, 2.75) is 25.4 Å². The quantitative estimate of drug-likeness (QED) is 0.672. The third kappa shape index (κ3) is 4.61. The maximum atomic E-state index is 13.7. The lowest BCUT2D eigenvalue weighted by Gasteiger charge is -2.23. The Morgan fingerprint density at radius 1 is 1.08 bits per heavy atom. The number of aliphatic hydroxyl groups is 1. The van der Waals surface area contributed by atoms with Gasteiger partial charge in [-0.15, -0.1) is 10.2 Å². The van der Waals surface area contributed by atoms with Crippen molar-refractivity contribution in [3.8, 4) is 0 Å². The fourth-order valence-corrected chi connectivity index (χ4v) is 3.34. The zero-order valence-corrected chi connectivity index (χ0v) is 14.8. The largest absolute Gasteiger partial charge is 0.385 e. The molecule has 130 valence electrons. The number of benzene rings is 2. The smallest absolute Gasteiger partial charge is 0.205 e. The van der Waals surface area contributed by atoms with Crippen molar-refractivity contribution in [2.24, 2.45) is 0 Å². The lowest BCUT2D eigenvalue weighted by molar-refractivity contribution is 0.0515. The van der Waals surface area contributed by atoms with Gasteiger partial charge in [-0.25, -0.2) is 4.39 Å². The fourth-order valence-electron chi connectivity index (χ4n) is 2.56. The van der Waals surface area contributed by atoms with Gasteiger partial charge in [-0.1, -0.05) is 59.9 Å². The number of nitrogens with zero attached hydrogens (tertiary/aromatic N) is 2. The van der Waals surface area contributed by atoms with Crippen LogP contribution in [-0.2, 0) is 12.0 Å². The summed E-state index contributed by atoms with van der Waals surface area (Å²) in [4.78, 5) is 0. The van der Waals surface area contributed by atoms with Gasteiger partial charge in [0, 0.05) is 13.0 Å². The normalized spacial score (nSPS) is 13.4. The van der Waals surface area contributed by atoms with E-state index in [9.17, 15) is 9.50 Å². The second kappa shape index (κ2) is 7.72. The van der Waals surface area contributed by atoms with Crippen LogP contribution in [0.25, 0.3) is 0 Å². The zero-order chi connectivity index (χ0) is 17.7. The van der Waals surface area contributed by atoms with Crippen LogP contribution in [0.15, 0.2) is 54.6 Å². The summed E-state index contributed by atoms with van der Waals surface area (Å²) in [6.07, 6.45) is 0.965. The molecule has 0 aliphatic carbocycles. The molecule has 1 unspecified atom stereocenters. The predicted molar refractivity (Wildman–Crippen MR) is 98.2 cm³/mol. The molecule has 1 heterocycles. The number of hydrogen-bond acceptors (Lipinski definition) is 5. The summed E-state index contributed by atoms with van der Waals surface area (Å²) >= 11 is 1.40. The maximum absolute atomic E-state index is 13.7. The minimum absolute atomic E-state index is 0.230. The third-order valence-electron chi connectivity index (χ3n) is 4.05. The summed E-state index contributed by atoms with van der Waals surface area (Å²) in [5.41, 5.74) is 0.584.